The fourth-order valence-electron chi connectivity index (χ4n) is 2.69. The molecule has 0 aromatic heterocycles. The smallest absolute Gasteiger partial charge is 0.0506 e. The number of anilines is 2. The second kappa shape index (κ2) is 5.41. The molecule has 0 saturated heterocycles. The third-order valence-electron chi connectivity index (χ3n) is 3.67. The Morgan fingerprint density at radius 1 is 1.05 bits per heavy atom. The zero-order valence-corrected chi connectivity index (χ0v) is 12.9. The summed E-state index contributed by atoms with van der Waals surface area (Å²) in [4.78, 5) is 2.47. The molecule has 1 aliphatic rings. The fourth-order valence-corrected chi connectivity index (χ4v) is 3.57. The van der Waals surface area contributed by atoms with Crippen molar-refractivity contribution in [2.75, 3.05) is 17.2 Å². The minimum Gasteiger partial charge on any atom is -0.399 e. The van der Waals surface area contributed by atoms with E-state index in [0.717, 1.165) is 18.8 Å². The molecule has 98 valence electrons. The van der Waals surface area contributed by atoms with Crippen LogP contribution in [0, 0.1) is 3.57 Å². The molecule has 2 nitrogen and oxygen atoms in total. The molecular weight excluding hydrogens is 347 g/mol. The van der Waals surface area contributed by atoms with E-state index in [-0.39, 0.29) is 0 Å². The number of nitrogen functional groups attached to an aromatic ring is 1. The van der Waals surface area contributed by atoms with E-state index in [1.54, 1.807) is 0 Å². The van der Waals surface area contributed by atoms with Gasteiger partial charge in [0.1, 0.15) is 0 Å². The van der Waals surface area contributed by atoms with Crippen LogP contribution in [0.5, 0.6) is 0 Å². The second-order valence-corrected chi connectivity index (χ2v) is 6.17. The molecule has 2 aromatic carbocycles. The highest BCUT2D eigenvalue weighted by atomic mass is 127. The predicted molar refractivity (Wildman–Crippen MR) is 89.4 cm³/mol. The first-order valence-electron chi connectivity index (χ1n) is 6.61. The van der Waals surface area contributed by atoms with Crippen LogP contribution in [0.2, 0.25) is 0 Å². The molecule has 0 saturated carbocycles. The van der Waals surface area contributed by atoms with Crippen LogP contribution in [0.3, 0.4) is 0 Å². The van der Waals surface area contributed by atoms with Gasteiger partial charge >= 0.3 is 0 Å². The lowest BCUT2D eigenvalue weighted by Crippen LogP contribution is -2.23. The van der Waals surface area contributed by atoms with Crippen molar-refractivity contribution in [1.82, 2.24) is 0 Å². The highest BCUT2D eigenvalue weighted by molar-refractivity contribution is 14.1. The predicted octanol–water partition coefficient (Wildman–Crippen LogP) is 3.83. The summed E-state index contributed by atoms with van der Waals surface area (Å²) in [5, 5.41) is 0. The molecule has 0 unspecified atom stereocenters. The van der Waals surface area contributed by atoms with E-state index in [0.29, 0.717) is 0 Å². The quantitative estimate of drug-likeness (QED) is 0.616. The summed E-state index contributed by atoms with van der Waals surface area (Å²) in [5.74, 6) is 0. The first kappa shape index (κ1) is 12.8. The lowest BCUT2D eigenvalue weighted by Gasteiger charge is -2.24. The number of hydrogen-bond donors (Lipinski definition) is 1. The standard InChI is InChI=1S/C16H17IN2/c17-15-10-14(18)7-8-16(15)19-9-3-6-12-4-1-2-5-13(12)11-19/h1-2,4-5,7-8,10H,3,6,9,11,18H2. The fraction of sp³-hybridized carbons (Fsp3) is 0.250. The maximum absolute atomic E-state index is 5.84. The molecule has 2 aromatic rings. The Kier molecular flexibility index (Phi) is 3.64. The van der Waals surface area contributed by atoms with Crippen molar-refractivity contribution in [3.05, 3.63) is 57.2 Å². The minimum absolute atomic E-state index is 0.836. The van der Waals surface area contributed by atoms with Crippen LogP contribution in [0.15, 0.2) is 42.5 Å². The van der Waals surface area contributed by atoms with Gasteiger partial charge in [-0.15, -0.1) is 0 Å². The number of nitrogens with zero attached hydrogens (tertiary/aromatic N) is 1. The lowest BCUT2D eigenvalue weighted by molar-refractivity contribution is 0.764. The molecule has 0 fully saturated rings. The maximum atomic E-state index is 5.84. The van der Waals surface area contributed by atoms with E-state index in [2.05, 4.69) is 57.8 Å². The van der Waals surface area contributed by atoms with E-state index in [1.807, 2.05) is 12.1 Å². The van der Waals surface area contributed by atoms with Crippen molar-refractivity contribution >= 4 is 34.0 Å². The van der Waals surface area contributed by atoms with Crippen LogP contribution in [0.25, 0.3) is 0 Å². The number of aryl methyl sites for hydroxylation is 1. The Morgan fingerprint density at radius 3 is 2.63 bits per heavy atom. The van der Waals surface area contributed by atoms with Crippen LogP contribution in [-0.2, 0) is 13.0 Å². The topological polar surface area (TPSA) is 29.3 Å². The molecule has 3 rings (SSSR count). The van der Waals surface area contributed by atoms with Gasteiger partial charge in [-0.05, 0) is 64.8 Å². The molecule has 0 radical (unpaired) electrons. The van der Waals surface area contributed by atoms with Crippen LogP contribution < -0.4 is 10.6 Å². The molecule has 1 heterocycles. The van der Waals surface area contributed by atoms with Gasteiger partial charge in [0, 0.05) is 22.3 Å². The van der Waals surface area contributed by atoms with Crippen molar-refractivity contribution in [3.8, 4) is 0 Å². The number of halogens is 1. The maximum Gasteiger partial charge on any atom is 0.0506 e. The van der Waals surface area contributed by atoms with Crippen molar-refractivity contribution in [2.45, 2.75) is 19.4 Å². The van der Waals surface area contributed by atoms with E-state index in [1.165, 1.54) is 33.2 Å². The molecule has 0 atom stereocenters. The van der Waals surface area contributed by atoms with E-state index in [4.69, 9.17) is 5.73 Å². The SMILES string of the molecule is Nc1ccc(N2CCCc3ccccc3C2)c(I)c1. The Morgan fingerprint density at radius 2 is 1.84 bits per heavy atom. The van der Waals surface area contributed by atoms with Gasteiger partial charge in [-0.25, -0.2) is 0 Å². The largest absolute Gasteiger partial charge is 0.399 e. The molecule has 0 bridgehead atoms. The second-order valence-electron chi connectivity index (χ2n) is 5.00. The molecule has 0 spiro atoms. The number of rotatable bonds is 1. The van der Waals surface area contributed by atoms with E-state index in [9.17, 15) is 0 Å². The molecule has 3 heteroatoms. The van der Waals surface area contributed by atoms with Gasteiger partial charge in [-0.3, -0.25) is 0 Å². The summed E-state index contributed by atoms with van der Waals surface area (Å²) in [7, 11) is 0. The van der Waals surface area contributed by atoms with Gasteiger partial charge in [0.2, 0.25) is 0 Å². The summed E-state index contributed by atoms with van der Waals surface area (Å²) < 4.78 is 1.23. The van der Waals surface area contributed by atoms with Gasteiger partial charge in [-0.2, -0.15) is 0 Å². The molecule has 19 heavy (non-hydrogen) atoms. The summed E-state index contributed by atoms with van der Waals surface area (Å²) in [6.45, 7) is 2.10. The van der Waals surface area contributed by atoms with Gasteiger partial charge in [0.15, 0.2) is 0 Å². The van der Waals surface area contributed by atoms with Crippen molar-refractivity contribution in [2.24, 2.45) is 0 Å². The van der Waals surface area contributed by atoms with Gasteiger partial charge in [0.05, 0.1) is 5.69 Å². The summed E-state index contributed by atoms with van der Waals surface area (Å²) in [5.41, 5.74) is 10.9. The number of nitrogens with two attached hydrogens (primary N) is 1. The summed E-state index contributed by atoms with van der Waals surface area (Å²) in [6.07, 6.45) is 2.38. The van der Waals surface area contributed by atoms with Crippen molar-refractivity contribution < 1.29 is 0 Å². The summed E-state index contributed by atoms with van der Waals surface area (Å²) in [6, 6.07) is 15.0. The van der Waals surface area contributed by atoms with Crippen molar-refractivity contribution in [3.63, 3.8) is 0 Å². The average molecular weight is 364 g/mol. The van der Waals surface area contributed by atoms with Crippen LogP contribution >= 0.6 is 22.6 Å². The zero-order chi connectivity index (χ0) is 13.2. The molecular formula is C16H17IN2. The van der Waals surface area contributed by atoms with Gasteiger partial charge in [-0.1, -0.05) is 24.3 Å². The molecule has 1 aliphatic heterocycles. The normalized spacial score (nSPS) is 14.9. The number of hydrogen-bond acceptors (Lipinski definition) is 2. The third kappa shape index (κ3) is 2.71. The Hall–Kier alpha value is -1.23. The molecule has 0 amide bonds. The first-order chi connectivity index (χ1) is 9.24. The van der Waals surface area contributed by atoms with Crippen LogP contribution in [-0.4, -0.2) is 6.54 Å². The summed E-state index contributed by atoms with van der Waals surface area (Å²) >= 11 is 2.38. The monoisotopic (exact) mass is 364 g/mol. The lowest BCUT2D eigenvalue weighted by atomic mass is 10.0. The first-order valence-corrected chi connectivity index (χ1v) is 7.68. The Bertz CT molecular complexity index is 595. The number of benzene rings is 2. The van der Waals surface area contributed by atoms with Gasteiger partial charge < -0.3 is 10.6 Å². The van der Waals surface area contributed by atoms with Crippen LogP contribution in [0.4, 0.5) is 11.4 Å². The highest BCUT2D eigenvalue weighted by Crippen LogP contribution is 2.29. The van der Waals surface area contributed by atoms with E-state index < -0.39 is 0 Å². The number of fused-ring (bicyclic) bond motifs is 1. The average Bonchev–Trinajstić information content (AvgIpc) is 2.60. The molecule has 0 aliphatic carbocycles. The Balaban J connectivity index is 1.94. The van der Waals surface area contributed by atoms with Crippen LogP contribution in [0.1, 0.15) is 17.5 Å². The zero-order valence-electron chi connectivity index (χ0n) is 10.8. The van der Waals surface area contributed by atoms with Crippen molar-refractivity contribution in [1.29, 1.82) is 0 Å². The Labute approximate surface area is 127 Å². The highest BCUT2D eigenvalue weighted by Gasteiger charge is 2.16. The van der Waals surface area contributed by atoms with Gasteiger partial charge in [0.25, 0.3) is 0 Å². The minimum atomic E-state index is 0.836. The third-order valence-corrected chi connectivity index (χ3v) is 4.53. The molecule has 2 N–H and O–H groups in total. The van der Waals surface area contributed by atoms with E-state index >= 15 is 0 Å².